The fraction of sp³-hybridized carbons (Fsp3) is 0.474. The van der Waals surface area contributed by atoms with Crippen molar-refractivity contribution in [3.05, 3.63) is 42.0 Å². The Morgan fingerprint density at radius 1 is 1.14 bits per heavy atom. The van der Waals surface area contributed by atoms with E-state index in [-0.39, 0.29) is 7.43 Å². The van der Waals surface area contributed by atoms with E-state index in [1.807, 2.05) is 0 Å². The molecule has 21 heavy (non-hydrogen) atoms. The van der Waals surface area contributed by atoms with E-state index in [1.54, 1.807) is 0 Å². The SMILES string of the molecule is C.CCCCOc1ccc2cc(C3CCCS3)ccc2c1. The summed E-state index contributed by atoms with van der Waals surface area (Å²) in [6, 6.07) is 13.4. The van der Waals surface area contributed by atoms with Gasteiger partial charge in [-0.15, -0.1) is 0 Å². The molecule has 0 radical (unpaired) electrons. The molecule has 1 heterocycles. The van der Waals surface area contributed by atoms with Gasteiger partial charge in [0.1, 0.15) is 5.75 Å². The summed E-state index contributed by atoms with van der Waals surface area (Å²) in [7, 11) is 0. The van der Waals surface area contributed by atoms with Crippen molar-refractivity contribution in [1.29, 1.82) is 0 Å². The summed E-state index contributed by atoms with van der Waals surface area (Å²) in [5, 5.41) is 3.32. The number of hydrogen-bond acceptors (Lipinski definition) is 2. The minimum absolute atomic E-state index is 0. The molecule has 1 atom stereocenters. The Morgan fingerprint density at radius 3 is 2.71 bits per heavy atom. The van der Waals surface area contributed by atoms with Crippen molar-refractivity contribution in [2.45, 2.75) is 45.3 Å². The highest BCUT2D eigenvalue weighted by atomic mass is 32.2. The van der Waals surface area contributed by atoms with Crippen LogP contribution in [0.1, 0.15) is 50.8 Å². The molecule has 0 aliphatic carbocycles. The number of thioether (sulfide) groups is 1. The molecule has 1 aliphatic rings. The van der Waals surface area contributed by atoms with Crippen LogP contribution in [0, 0.1) is 0 Å². The third-order valence-corrected chi connectivity index (χ3v) is 5.34. The van der Waals surface area contributed by atoms with Gasteiger partial charge < -0.3 is 4.74 Å². The minimum Gasteiger partial charge on any atom is -0.494 e. The molecule has 0 aromatic heterocycles. The van der Waals surface area contributed by atoms with Crippen LogP contribution in [0.5, 0.6) is 5.75 Å². The Balaban J connectivity index is 0.00000161. The second-order valence-electron chi connectivity index (χ2n) is 5.47. The van der Waals surface area contributed by atoms with E-state index < -0.39 is 0 Å². The maximum absolute atomic E-state index is 5.78. The summed E-state index contributed by atoms with van der Waals surface area (Å²) in [5.41, 5.74) is 1.49. The second-order valence-corrected chi connectivity index (χ2v) is 6.78. The van der Waals surface area contributed by atoms with Gasteiger partial charge in [-0.05, 0) is 53.5 Å². The average molecular weight is 302 g/mol. The lowest BCUT2D eigenvalue weighted by Crippen LogP contribution is -1.96. The van der Waals surface area contributed by atoms with E-state index in [0.29, 0.717) is 5.25 Å². The van der Waals surface area contributed by atoms with Crippen molar-refractivity contribution in [2.75, 3.05) is 12.4 Å². The zero-order chi connectivity index (χ0) is 13.8. The first-order chi connectivity index (χ1) is 9.86. The standard InChI is InChI=1S/C18H22OS.CH4/c1-2-3-10-19-17-9-8-14-12-16(7-6-15(14)13-17)18-5-4-11-20-18;/h6-9,12-13,18H,2-5,10-11H2,1H3;1H4. The highest BCUT2D eigenvalue weighted by Crippen LogP contribution is 2.40. The Morgan fingerprint density at radius 2 is 1.95 bits per heavy atom. The average Bonchev–Trinajstić information content (AvgIpc) is 3.01. The molecule has 0 spiro atoms. The quantitative estimate of drug-likeness (QED) is 0.606. The van der Waals surface area contributed by atoms with Crippen LogP contribution >= 0.6 is 11.8 Å². The summed E-state index contributed by atoms with van der Waals surface area (Å²) in [4.78, 5) is 0. The molecule has 2 aromatic carbocycles. The maximum atomic E-state index is 5.78. The van der Waals surface area contributed by atoms with Gasteiger partial charge in [-0.25, -0.2) is 0 Å². The number of rotatable bonds is 5. The summed E-state index contributed by atoms with van der Waals surface area (Å²) in [6.45, 7) is 3.01. The van der Waals surface area contributed by atoms with Crippen LogP contribution in [0.3, 0.4) is 0 Å². The fourth-order valence-electron chi connectivity index (χ4n) is 2.71. The summed E-state index contributed by atoms with van der Waals surface area (Å²) >= 11 is 2.10. The van der Waals surface area contributed by atoms with E-state index >= 15 is 0 Å². The van der Waals surface area contributed by atoms with Gasteiger partial charge in [-0.1, -0.05) is 45.0 Å². The van der Waals surface area contributed by atoms with Gasteiger partial charge in [-0.3, -0.25) is 0 Å². The van der Waals surface area contributed by atoms with E-state index in [2.05, 4.69) is 55.1 Å². The largest absolute Gasteiger partial charge is 0.494 e. The van der Waals surface area contributed by atoms with Crippen LogP contribution in [-0.2, 0) is 0 Å². The Bertz CT molecular complexity index is 573. The minimum atomic E-state index is 0. The number of fused-ring (bicyclic) bond motifs is 1. The van der Waals surface area contributed by atoms with Gasteiger partial charge >= 0.3 is 0 Å². The van der Waals surface area contributed by atoms with Gasteiger partial charge in [0.25, 0.3) is 0 Å². The van der Waals surface area contributed by atoms with Crippen molar-refractivity contribution in [3.8, 4) is 5.75 Å². The third kappa shape index (κ3) is 3.94. The normalized spacial score (nSPS) is 17.7. The fourth-order valence-corrected chi connectivity index (χ4v) is 4.00. The summed E-state index contributed by atoms with van der Waals surface area (Å²) in [5.74, 6) is 2.31. The van der Waals surface area contributed by atoms with Crippen LogP contribution < -0.4 is 4.74 Å². The Labute approximate surface area is 133 Å². The Hall–Kier alpha value is -1.15. The van der Waals surface area contributed by atoms with Crippen molar-refractivity contribution in [2.24, 2.45) is 0 Å². The molecular weight excluding hydrogens is 276 g/mol. The maximum Gasteiger partial charge on any atom is 0.119 e. The van der Waals surface area contributed by atoms with Gasteiger partial charge in [0.05, 0.1) is 6.61 Å². The molecule has 3 rings (SSSR count). The van der Waals surface area contributed by atoms with E-state index in [9.17, 15) is 0 Å². The molecule has 1 unspecified atom stereocenters. The monoisotopic (exact) mass is 302 g/mol. The lowest BCUT2D eigenvalue weighted by molar-refractivity contribution is 0.310. The van der Waals surface area contributed by atoms with E-state index in [0.717, 1.165) is 18.8 Å². The molecule has 0 amide bonds. The topological polar surface area (TPSA) is 9.23 Å². The first kappa shape index (κ1) is 16.2. The van der Waals surface area contributed by atoms with Crippen molar-refractivity contribution >= 4 is 22.5 Å². The summed E-state index contributed by atoms with van der Waals surface area (Å²) < 4.78 is 5.78. The molecule has 0 bridgehead atoms. The molecule has 1 aliphatic heterocycles. The molecule has 1 nitrogen and oxygen atoms in total. The van der Waals surface area contributed by atoms with Crippen LogP contribution in [0.25, 0.3) is 10.8 Å². The predicted molar refractivity (Wildman–Crippen MR) is 95.5 cm³/mol. The number of ether oxygens (including phenoxy) is 1. The molecule has 0 saturated carbocycles. The molecule has 1 fully saturated rings. The van der Waals surface area contributed by atoms with Crippen LogP contribution in [-0.4, -0.2) is 12.4 Å². The lowest BCUT2D eigenvalue weighted by Gasteiger charge is -2.11. The molecule has 114 valence electrons. The molecule has 2 aromatic rings. The van der Waals surface area contributed by atoms with Crippen LogP contribution in [0.2, 0.25) is 0 Å². The summed E-state index contributed by atoms with van der Waals surface area (Å²) in [6.07, 6.45) is 4.98. The van der Waals surface area contributed by atoms with Gasteiger partial charge in [-0.2, -0.15) is 11.8 Å². The van der Waals surface area contributed by atoms with Crippen LogP contribution in [0.4, 0.5) is 0 Å². The van der Waals surface area contributed by atoms with Crippen molar-refractivity contribution < 1.29 is 4.74 Å². The van der Waals surface area contributed by atoms with Crippen LogP contribution in [0.15, 0.2) is 36.4 Å². The highest BCUT2D eigenvalue weighted by Gasteiger charge is 2.17. The van der Waals surface area contributed by atoms with Gasteiger partial charge in [0.2, 0.25) is 0 Å². The van der Waals surface area contributed by atoms with Gasteiger partial charge in [0, 0.05) is 5.25 Å². The first-order valence-electron chi connectivity index (χ1n) is 7.65. The highest BCUT2D eigenvalue weighted by molar-refractivity contribution is 7.99. The molecule has 1 saturated heterocycles. The smallest absolute Gasteiger partial charge is 0.119 e. The predicted octanol–water partition coefficient (Wildman–Crippen LogP) is 6.22. The van der Waals surface area contributed by atoms with Crippen molar-refractivity contribution in [3.63, 3.8) is 0 Å². The molecular formula is C19H26OS. The Kier molecular flexibility index (Phi) is 5.98. The molecule has 2 heteroatoms. The van der Waals surface area contributed by atoms with Gasteiger partial charge in [0.15, 0.2) is 0 Å². The zero-order valence-electron chi connectivity index (χ0n) is 12.1. The number of unbranched alkanes of at least 4 members (excludes halogenated alkanes) is 1. The molecule has 0 N–H and O–H groups in total. The first-order valence-corrected chi connectivity index (χ1v) is 8.70. The van der Waals surface area contributed by atoms with E-state index in [1.165, 1.54) is 41.4 Å². The third-order valence-electron chi connectivity index (χ3n) is 3.90. The lowest BCUT2D eigenvalue weighted by atomic mass is 10.0. The van der Waals surface area contributed by atoms with Crippen molar-refractivity contribution in [1.82, 2.24) is 0 Å². The van der Waals surface area contributed by atoms with E-state index in [4.69, 9.17) is 4.74 Å². The zero-order valence-corrected chi connectivity index (χ0v) is 12.9. The second kappa shape index (κ2) is 7.74. The number of benzene rings is 2. The number of hydrogen-bond donors (Lipinski definition) is 0.